The number of fused-ring (bicyclic) bond motifs is 1. The van der Waals surface area contributed by atoms with Gasteiger partial charge in [-0.15, -0.1) is 0 Å². The molecule has 0 spiro atoms. The second-order valence-electron chi connectivity index (χ2n) is 5.15. The summed E-state index contributed by atoms with van der Waals surface area (Å²) in [5.41, 5.74) is 0.413. The summed E-state index contributed by atoms with van der Waals surface area (Å²) in [4.78, 5) is 24.7. The molecule has 0 aromatic heterocycles. The summed E-state index contributed by atoms with van der Waals surface area (Å²) in [6.45, 7) is 3.75. The van der Waals surface area contributed by atoms with Crippen molar-refractivity contribution in [1.82, 2.24) is 0 Å². The SMILES string of the molecule is CC(C)[C@@H]1Oc2c(Cl)cc(Cl)cc2N(CCC(=O)O)C1=O. The number of hydrogen-bond donors (Lipinski definition) is 1. The molecule has 0 unspecified atom stereocenters. The highest BCUT2D eigenvalue weighted by Crippen LogP contribution is 2.43. The predicted octanol–water partition coefficient (Wildman–Crippen LogP) is 3.22. The highest BCUT2D eigenvalue weighted by Gasteiger charge is 2.37. The zero-order valence-electron chi connectivity index (χ0n) is 11.6. The third kappa shape index (κ3) is 3.24. The van der Waals surface area contributed by atoms with Gasteiger partial charge in [0.1, 0.15) is 0 Å². The van der Waals surface area contributed by atoms with Crippen LogP contribution in [0.1, 0.15) is 20.3 Å². The van der Waals surface area contributed by atoms with Crippen LogP contribution in [0.2, 0.25) is 10.0 Å². The Balaban J connectivity index is 2.46. The average molecular weight is 332 g/mol. The van der Waals surface area contributed by atoms with Gasteiger partial charge in [0.15, 0.2) is 11.9 Å². The van der Waals surface area contributed by atoms with Gasteiger partial charge in [0.2, 0.25) is 0 Å². The number of carbonyl (C=O) groups excluding carboxylic acids is 1. The number of carboxylic acid groups (broad SMARTS) is 1. The first-order valence-electron chi connectivity index (χ1n) is 6.50. The van der Waals surface area contributed by atoms with Gasteiger partial charge in [-0.3, -0.25) is 9.59 Å². The second-order valence-corrected chi connectivity index (χ2v) is 6.00. The molecule has 1 aliphatic heterocycles. The maximum absolute atomic E-state index is 12.5. The Morgan fingerprint density at radius 1 is 1.43 bits per heavy atom. The third-order valence-corrected chi connectivity index (χ3v) is 3.69. The molecule has 1 amide bonds. The minimum atomic E-state index is -0.981. The van der Waals surface area contributed by atoms with E-state index in [9.17, 15) is 9.59 Å². The standard InChI is InChI=1S/C14H15Cl2NO4/c1-7(2)12-14(20)17(4-3-11(18)19)10-6-8(15)5-9(16)13(10)21-12/h5-7,12H,3-4H2,1-2H3,(H,18,19)/t12-/m0/s1. The van der Waals surface area contributed by atoms with E-state index in [0.29, 0.717) is 21.5 Å². The molecule has 0 bridgehead atoms. The van der Waals surface area contributed by atoms with Crippen LogP contribution in [0.25, 0.3) is 0 Å². The number of carbonyl (C=O) groups is 2. The number of ether oxygens (including phenoxy) is 1. The molecular formula is C14H15Cl2NO4. The third-order valence-electron chi connectivity index (χ3n) is 3.19. The number of hydrogen-bond acceptors (Lipinski definition) is 3. The van der Waals surface area contributed by atoms with Crippen LogP contribution in [0.3, 0.4) is 0 Å². The molecule has 7 heteroatoms. The lowest BCUT2D eigenvalue weighted by molar-refractivity contribution is -0.136. The van der Waals surface area contributed by atoms with E-state index in [1.165, 1.54) is 11.0 Å². The number of rotatable bonds is 4. The maximum Gasteiger partial charge on any atom is 0.305 e. The molecule has 1 aliphatic rings. The first kappa shape index (κ1) is 15.9. The van der Waals surface area contributed by atoms with E-state index in [4.69, 9.17) is 33.0 Å². The summed E-state index contributed by atoms with van der Waals surface area (Å²) in [5, 5.41) is 9.50. The number of aliphatic carboxylic acids is 1. The van der Waals surface area contributed by atoms with E-state index in [1.807, 2.05) is 13.8 Å². The van der Waals surface area contributed by atoms with Gasteiger partial charge < -0.3 is 14.7 Å². The predicted molar refractivity (Wildman–Crippen MR) is 80.3 cm³/mol. The molecule has 0 aliphatic carbocycles. The van der Waals surface area contributed by atoms with Gasteiger partial charge in [-0.05, 0) is 18.1 Å². The molecule has 0 radical (unpaired) electrons. The highest BCUT2D eigenvalue weighted by molar-refractivity contribution is 6.36. The van der Waals surface area contributed by atoms with E-state index in [0.717, 1.165) is 0 Å². The lowest BCUT2D eigenvalue weighted by atomic mass is 10.0. The Hall–Kier alpha value is -1.46. The summed E-state index contributed by atoms with van der Waals surface area (Å²) >= 11 is 12.1. The smallest absolute Gasteiger partial charge is 0.305 e. The fraction of sp³-hybridized carbons (Fsp3) is 0.429. The van der Waals surface area contributed by atoms with Gasteiger partial charge >= 0.3 is 5.97 Å². The van der Waals surface area contributed by atoms with Crippen molar-refractivity contribution >= 4 is 40.8 Å². The molecule has 0 fully saturated rings. The quantitative estimate of drug-likeness (QED) is 0.919. The Morgan fingerprint density at radius 3 is 2.67 bits per heavy atom. The summed E-state index contributed by atoms with van der Waals surface area (Å²) < 4.78 is 5.70. The summed E-state index contributed by atoms with van der Waals surface area (Å²) in [5.74, 6) is -0.961. The number of anilines is 1. The van der Waals surface area contributed by atoms with Gasteiger partial charge in [-0.2, -0.15) is 0 Å². The summed E-state index contributed by atoms with van der Waals surface area (Å²) in [6, 6.07) is 3.09. The molecule has 114 valence electrons. The van der Waals surface area contributed by atoms with Crippen molar-refractivity contribution in [1.29, 1.82) is 0 Å². The van der Waals surface area contributed by atoms with Crippen LogP contribution in [0, 0.1) is 5.92 Å². The van der Waals surface area contributed by atoms with Gasteiger partial charge in [0, 0.05) is 11.6 Å². The lowest BCUT2D eigenvalue weighted by Crippen LogP contribution is -2.49. The van der Waals surface area contributed by atoms with Crippen LogP contribution in [0.15, 0.2) is 12.1 Å². The van der Waals surface area contributed by atoms with Crippen molar-refractivity contribution in [2.75, 3.05) is 11.4 Å². The molecule has 1 aromatic carbocycles. The first-order chi connectivity index (χ1) is 9.81. The van der Waals surface area contributed by atoms with Gasteiger partial charge in [0.25, 0.3) is 5.91 Å². The zero-order valence-corrected chi connectivity index (χ0v) is 13.1. The summed E-state index contributed by atoms with van der Waals surface area (Å²) in [7, 11) is 0. The molecule has 1 N–H and O–H groups in total. The van der Waals surface area contributed by atoms with Crippen molar-refractivity contribution in [3.63, 3.8) is 0 Å². The number of nitrogens with zero attached hydrogens (tertiary/aromatic N) is 1. The van der Waals surface area contributed by atoms with E-state index in [1.54, 1.807) is 6.07 Å². The van der Waals surface area contributed by atoms with Crippen molar-refractivity contribution < 1.29 is 19.4 Å². The lowest BCUT2D eigenvalue weighted by Gasteiger charge is -2.36. The average Bonchev–Trinajstić information content (AvgIpc) is 2.36. The minimum Gasteiger partial charge on any atom is -0.481 e. The van der Waals surface area contributed by atoms with Crippen LogP contribution in [-0.4, -0.2) is 29.6 Å². The van der Waals surface area contributed by atoms with Crippen LogP contribution in [0.4, 0.5) is 5.69 Å². The number of benzene rings is 1. The molecule has 0 saturated heterocycles. The normalized spacial score (nSPS) is 17.7. The number of amides is 1. The van der Waals surface area contributed by atoms with Gasteiger partial charge in [-0.25, -0.2) is 0 Å². The van der Waals surface area contributed by atoms with Crippen molar-refractivity contribution in [2.45, 2.75) is 26.4 Å². The van der Waals surface area contributed by atoms with Crippen molar-refractivity contribution in [3.05, 3.63) is 22.2 Å². The largest absolute Gasteiger partial charge is 0.481 e. The number of carboxylic acids is 1. The van der Waals surface area contributed by atoms with Crippen molar-refractivity contribution in [2.24, 2.45) is 5.92 Å². The monoisotopic (exact) mass is 331 g/mol. The summed E-state index contributed by atoms with van der Waals surface area (Å²) in [6.07, 6.45) is -0.856. The van der Waals surface area contributed by atoms with E-state index in [2.05, 4.69) is 0 Å². The highest BCUT2D eigenvalue weighted by atomic mass is 35.5. The maximum atomic E-state index is 12.5. The minimum absolute atomic E-state index is 0.0460. The van der Waals surface area contributed by atoms with Crippen molar-refractivity contribution in [3.8, 4) is 5.75 Å². The second kappa shape index (κ2) is 6.12. The Morgan fingerprint density at radius 2 is 2.10 bits per heavy atom. The molecule has 21 heavy (non-hydrogen) atoms. The molecule has 1 aromatic rings. The van der Waals surface area contributed by atoms with E-state index >= 15 is 0 Å². The van der Waals surface area contributed by atoms with E-state index in [-0.39, 0.29) is 24.8 Å². The Bertz CT molecular complexity index is 589. The zero-order chi connectivity index (χ0) is 15.7. The molecule has 5 nitrogen and oxygen atoms in total. The van der Waals surface area contributed by atoms with Gasteiger partial charge in [0.05, 0.1) is 17.1 Å². The Kier molecular flexibility index (Phi) is 4.64. The molecule has 2 rings (SSSR count). The fourth-order valence-corrected chi connectivity index (χ4v) is 2.70. The van der Waals surface area contributed by atoms with Gasteiger partial charge in [-0.1, -0.05) is 37.0 Å². The van der Waals surface area contributed by atoms with Crippen LogP contribution >= 0.6 is 23.2 Å². The number of halogens is 2. The van der Waals surface area contributed by atoms with Crippen LogP contribution in [-0.2, 0) is 9.59 Å². The fourth-order valence-electron chi connectivity index (χ4n) is 2.17. The molecule has 0 saturated carbocycles. The molecular weight excluding hydrogens is 317 g/mol. The van der Waals surface area contributed by atoms with Crippen LogP contribution in [0.5, 0.6) is 5.75 Å². The topological polar surface area (TPSA) is 66.8 Å². The first-order valence-corrected chi connectivity index (χ1v) is 7.25. The van der Waals surface area contributed by atoms with Crippen LogP contribution < -0.4 is 9.64 Å². The molecule has 1 atom stereocenters. The van der Waals surface area contributed by atoms with E-state index < -0.39 is 12.1 Å². The Labute approximate surface area is 132 Å². The molecule has 1 heterocycles.